The number of aliphatic hydroxyl groups is 1. The van der Waals surface area contributed by atoms with E-state index in [0.29, 0.717) is 30.4 Å². The first-order chi connectivity index (χ1) is 9.52. The fourth-order valence-electron chi connectivity index (χ4n) is 1.75. The van der Waals surface area contributed by atoms with Crippen LogP contribution in [0.25, 0.3) is 0 Å². The molecule has 5 heteroatoms. The van der Waals surface area contributed by atoms with Gasteiger partial charge in [-0.05, 0) is 24.5 Å². The van der Waals surface area contributed by atoms with Crippen LogP contribution in [-0.4, -0.2) is 35.2 Å². The van der Waals surface area contributed by atoms with Gasteiger partial charge in [-0.1, -0.05) is 19.9 Å². The lowest BCUT2D eigenvalue weighted by atomic mass is 10.1. The Balaban J connectivity index is 2.46. The molecule has 0 spiro atoms. The molecule has 20 heavy (non-hydrogen) atoms. The third kappa shape index (κ3) is 5.84. The van der Waals surface area contributed by atoms with E-state index in [1.807, 2.05) is 0 Å². The van der Waals surface area contributed by atoms with Crippen LogP contribution in [0.2, 0.25) is 0 Å². The summed E-state index contributed by atoms with van der Waals surface area (Å²) < 4.78 is 0. The normalized spacial score (nSPS) is 12.0. The van der Waals surface area contributed by atoms with E-state index in [-0.39, 0.29) is 5.91 Å². The van der Waals surface area contributed by atoms with Crippen LogP contribution in [0.5, 0.6) is 0 Å². The van der Waals surface area contributed by atoms with Crippen molar-refractivity contribution < 1.29 is 9.90 Å². The van der Waals surface area contributed by atoms with Gasteiger partial charge in [-0.3, -0.25) is 4.79 Å². The molecule has 1 aromatic heterocycles. The number of aromatic nitrogens is 1. The first-order valence-corrected chi connectivity index (χ1v) is 6.80. The SMILES string of the molecule is C=CCNC(=O)c1ccc(NC[C@H](O)CC(C)C)nc1. The molecular weight excluding hydrogens is 254 g/mol. The van der Waals surface area contributed by atoms with Crippen LogP contribution in [0.4, 0.5) is 5.82 Å². The van der Waals surface area contributed by atoms with Crippen molar-refractivity contribution in [2.45, 2.75) is 26.4 Å². The molecule has 5 nitrogen and oxygen atoms in total. The van der Waals surface area contributed by atoms with Crippen LogP contribution < -0.4 is 10.6 Å². The lowest BCUT2D eigenvalue weighted by Gasteiger charge is -2.14. The zero-order valence-corrected chi connectivity index (χ0v) is 12.1. The molecule has 110 valence electrons. The van der Waals surface area contributed by atoms with Gasteiger partial charge in [-0.25, -0.2) is 4.98 Å². The highest BCUT2D eigenvalue weighted by atomic mass is 16.3. The summed E-state index contributed by atoms with van der Waals surface area (Å²) in [6.07, 6.45) is 3.48. The van der Waals surface area contributed by atoms with Crippen molar-refractivity contribution in [3.8, 4) is 0 Å². The van der Waals surface area contributed by atoms with Crippen LogP contribution in [0.3, 0.4) is 0 Å². The van der Waals surface area contributed by atoms with E-state index in [1.165, 1.54) is 6.20 Å². The van der Waals surface area contributed by atoms with Crippen LogP contribution >= 0.6 is 0 Å². The standard InChI is InChI=1S/C15H23N3O2/c1-4-7-16-15(20)12-5-6-14(17-9-12)18-10-13(19)8-11(2)3/h4-6,9,11,13,19H,1,7-8,10H2,2-3H3,(H,16,20)(H,17,18)/t13-/m1/s1. The van der Waals surface area contributed by atoms with E-state index in [2.05, 4.69) is 36.0 Å². The minimum Gasteiger partial charge on any atom is -0.391 e. The number of anilines is 1. The zero-order chi connectivity index (χ0) is 15.0. The van der Waals surface area contributed by atoms with E-state index in [1.54, 1.807) is 18.2 Å². The molecule has 3 N–H and O–H groups in total. The van der Waals surface area contributed by atoms with Gasteiger partial charge in [0.05, 0.1) is 11.7 Å². The number of hydrogen-bond acceptors (Lipinski definition) is 4. The molecule has 0 unspecified atom stereocenters. The molecule has 0 aliphatic heterocycles. The molecule has 0 aliphatic rings. The summed E-state index contributed by atoms with van der Waals surface area (Å²) in [5, 5.41) is 15.5. The van der Waals surface area contributed by atoms with Gasteiger partial charge in [-0.15, -0.1) is 6.58 Å². The Morgan fingerprint density at radius 3 is 2.80 bits per heavy atom. The summed E-state index contributed by atoms with van der Waals surface area (Å²) in [5.74, 6) is 0.924. The molecule has 0 aliphatic carbocycles. The number of amides is 1. The molecule has 1 aromatic rings. The van der Waals surface area contributed by atoms with Crippen molar-refractivity contribution in [3.05, 3.63) is 36.5 Å². The number of hydrogen-bond donors (Lipinski definition) is 3. The molecule has 0 radical (unpaired) electrons. The van der Waals surface area contributed by atoms with Gasteiger partial charge in [0.25, 0.3) is 5.91 Å². The summed E-state index contributed by atoms with van der Waals surface area (Å²) in [5.41, 5.74) is 0.500. The summed E-state index contributed by atoms with van der Waals surface area (Å²) >= 11 is 0. The number of aliphatic hydroxyl groups excluding tert-OH is 1. The van der Waals surface area contributed by atoms with Crippen LogP contribution in [-0.2, 0) is 0 Å². The number of rotatable bonds is 8. The average Bonchev–Trinajstić information content (AvgIpc) is 2.42. The van der Waals surface area contributed by atoms with Gasteiger partial charge in [0.1, 0.15) is 5.82 Å². The lowest BCUT2D eigenvalue weighted by Crippen LogP contribution is -2.24. The Kier molecular flexibility index (Phi) is 6.73. The highest BCUT2D eigenvalue weighted by Crippen LogP contribution is 2.08. The van der Waals surface area contributed by atoms with Crippen molar-refractivity contribution in [1.82, 2.24) is 10.3 Å². The number of nitrogens with zero attached hydrogens (tertiary/aromatic N) is 1. The van der Waals surface area contributed by atoms with Crippen LogP contribution in [0.15, 0.2) is 31.0 Å². The summed E-state index contributed by atoms with van der Waals surface area (Å²) in [6, 6.07) is 3.42. The molecule has 1 heterocycles. The van der Waals surface area contributed by atoms with Crippen molar-refractivity contribution >= 4 is 11.7 Å². The maximum Gasteiger partial charge on any atom is 0.253 e. The molecule has 0 saturated heterocycles. The number of nitrogens with one attached hydrogen (secondary N) is 2. The minimum absolute atomic E-state index is 0.177. The second-order valence-electron chi connectivity index (χ2n) is 5.10. The predicted molar refractivity (Wildman–Crippen MR) is 80.7 cm³/mol. The molecule has 0 bridgehead atoms. The largest absolute Gasteiger partial charge is 0.391 e. The Morgan fingerprint density at radius 1 is 1.50 bits per heavy atom. The summed E-state index contributed by atoms with van der Waals surface area (Å²) in [7, 11) is 0. The maximum atomic E-state index is 11.6. The minimum atomic E-state index is -0.396. The van der Waals surface area contributed by atoms with Gasteiger partial charge < -0.3 is 15.7 Å². The van der Waals surface area contributed by atoms with Crippen LogP contribution in [0.1, 0.15) is 30.6 Å². The Bertz CT molecular complexity index is 429. The first kappa shape index (κ1) is 16.2. The van der Waals surface area contributed by atoms with Gasteiger partial charge in [0, 0.05) is 19.3 Å². The topological polar surface area (TPSA) is 74.2 Å². The van der Waals surface area contributed by atoms with Crippen molar-refractivity contribution in [1.29, 1.82) is 0 Å². The monoisotopic (exact) mass is 277 g/mol. The summed E-state index contributed by atoms with van der Waals surface area (Å²) in [4.78, 5) is 15.8. The van der Waals surface area contributed by atoms with E-state index < -0.39 is 6.10 Å². The summed E-state index contributed by atoms with van der Waals surface area (Å²) in [6.45, 7) is 8.56. The van der Waals surface area contributed by atoms with Gasteiger partial charge >= 0.3 is 0 Å². The lowest BCUT2D eigenvalue weighted by molar-refractivity contribution is 0.0957. The first-order valence-electron chi connectivity index (χ1n) is 6.80. The third-order valence-electron chi connectivity index (χ3n) is 2.69. The van der Waals surface area contributed by atoms with Crippen molar-refractivity contribution in [2.24, 2.45) is 5.92 Å². The Labute approximate surface area is 120 Å². The molecule has 1 atom stereocenters. The van der Waals surface area contributed by atoms with E-state index in [0.717, 1.165) is 6.42 Å². The van der Waals surface area contributed by atoms with E-state index >= 15 is 0 Å². The van der Waals surface area contributed by atoms with Crippen molar-refractivity contribution in [2.75, 3.05) is 18.4 Å². The number of pyridine rings is 1. The number of carbonyl (C=O) groups excluding carboxylic acids is 1. The molecule has 0 aromatic carbocycles. The van der Waals surface area contributed by atoms with E-state index in [9.17, 15) is 9.90 Å². The maximum absolute atomic E-state index is 11.6. The third-order valence-corrected chi connectivity index (χ3v) is 2.69. The fourth-order valence-corrected chi connectivity index (χ4v) is 1.75. The van der Waals surface area contributed by atoms with Crippen molar-refractivity contribution in [3.63, 3.8) is 0 Å². The number of carbonyl (C=O) groups is 1. The molecular formula is C15H23N3O2. The van der Waals surface area contributed by atoms with Gasteiger partial charge in [0.2, 0.25) is 0 Å². The molecule has 0 fully saturated rings. The van der Waals surface area contributed by atoms with Gasteiger partial charge in [-0.2, -0.15) is 0 Å². The Hall–Kier alpha value is -1.88. The average molecular weight is 277 g/mol. The zero-order valence-electron chi connectivity index (χ0n) is 12.1. The second kappa shape index (κ2) is 8.32. The smallest absolute Gasteiger partial charge is 0.253 e. The van der Waals surface area contributed by atoms with E-state index in [4.69, 9.17) is 0 Å². The Morgan fingerprint density at radius 2 is 2.25 bits per heavy atom. The fraction of sp³-hybridized carbons (Fsp3) is 0.467. The molecule has 1 rings (SSSR count). The highest BCUT2D eigenvalue weighted by Gasteiger charge is 2.08. The predicted octanol–water partition coefficient (Wildman–Crippen LogP) is 1.82. The van der Waals surface area contributed by atoms with Gasteiger partial charge in [0.15, 0.2) is 0 Å². The highest BCUT2D eigenvalue weighted by molar-refractivity contribution is 5.94. The second-order valence-corrected chi connectivity index (χ2v) is 5.10. The molecule has 1 amide bonds. The molecule has 0 saturated carbocycles. The quantitative estimate of drug-likeness (QED) is 0.634. The van der Waals surface area contributed by atoms with Crippen LogP contribution in [0, 0.1) is 5.92 Å².